The largest absolute Gasteiger partial charge is 0.497 e. The Balaban J connectivity index is 1.23. The molecule has 7 heteroatoms. The average Bonchev–Trinajstić information content (AvgIpc) is 3.27. The van der Waals surface area contributed by atoms with Gasteiger partial charge in [0.05, 0.1) is 42.7 Å². The van der Waals surface area contributed by atoms with E-state index >= 15 is 0 Å². The van der Waals surface area contributed by atoms with E-state index in [2.05, 4.69) is 126 Å². The highest BCUT2D eigenvalue weighted by atomic mass is 16.5. The van der Waals surface area contributed by atoms with Gasteiger partial charge in [0.2, 0.25) is 0 Å². The molecule has 0 saturated carbocycles. The van der Waals surface area contributed by atoms with Crippen LogP contribution in [0.5, 0.6) is 34.5 Å². The highest BCUT2D eigenvalue weighted by Gasteiger charge is 2.13. The maximum absolute atomic E-state index is 5.45. The minimum absolute atomic E-state index is 0.748. The molecule has 0 unspecified atom stereocenters. The number of ether oxygens (including phenoxy) is 6. The van der Waals surface area contributed by atoms with Crippen LogP contribution in [0.4, 0.5) is 17.1 Å². The van der Waals surface area contributed by atoms with Crippen molar-refractivity contribution in [3.63, 3.8) is 0 Å². The van der Waals surface area contributed by atoms with Crippen LogP contribution in [0.2, 0.25) is 0 Å². The van der Waals surface area contributed by atoms with Crippen LogP contribution >= 0.6 is 0 Å². The number of aryl methyl sites for hydroxylation is 1. The summed E-state index contributed by atoms with van der Waals surface area (Å²) in [5, 5.41) is 0. The van der Waals surface area contributed by atoms with Gasteiger partial charge in [-0.1, -0.05) is 72.9 Å². The molecule has 0 radical (unpaired) electrons. The van der Waals surface area contributed by atoms with Crippen molar-refractivity contribution in [3.05, 3.63) is 167 Å². The molecule has 57 heavy (non-hydrogen) atoms. The van der Waals surface area contributed by atoms with Gasteiger partial charge < -0.3 is 33.3 Å². The van der Waals surface area contributed by atoms with E-state index in [0.29, 0.717) is 0 Å². The molecule has 0 fully saturated rings. The highest BCUT2D eigenvalue weighted by Crippen LogP contribution is 2.36. The van der Waals surface area contributed by atoms with Crippen molar-refractivity contribution in [1.29, 1.82) is 0 Å². The van der Waals surface area contributed by atoms with Crippen molar-refractivity contribution < 1.29 is 28.4 Å². The molecule has 6 aromatic carbocycles. The topological polar surface area (TPSA) is 58.6 Å². The summed E-state index contributed by atoms with van der Waals surface area (Å²) in [6.45, 7) is 0. The molecular weight excluding hydrogens is 711 g/mol. The van der Waals surface area contributed by atoms with Gasteiger partial charge in [-0.15, -0.1) is 0 Å². The Morgan fingerprint density at radius 1 is 0.351 bits per heavy atom. The number of benzene rings is 6. The predicted molar refractivity (Wildman–Crippen MR) is 235 cm³/mol. The second-order valence-corrected chi connectivity index (χ2v) is 13.2. The second kappa shape index (κ2) is 19.6. The highest BCUT2D eigenvalue weighted by molar-refractivity contribution is 5.80. The van der Waals surface area contributed by atoms with E-state index < -0.39 is 0 Å². The molecule has 0 aliphatic carbocycles. The molecule has 0 aliphatic heterocycles. The molecule has 0 heterocycles. The van der Waals surface area contributed by atoms with Gasteiger partial charge in [0.1, 0.15) is 34.5 Å². The van der Waals surface area contributed by atoms with Crippen LogP contribution in [-0.2, 0) is 6.42 Å². The minimum atomic E-state index is 0.748. The second-order valence-electron chi connectivity index (χ2n) is 13.2. The summed E-state index contributed by atoms with van der Waals surface area (Å²) in [5.74, 6) is 4.59. The number of hydrogen-bond acceptors (Lipinski definition) is 7. The Hall–Kier alpha value is -6.86. The molecule has 0 saturated heterocycles. The third kappa shape index (κ3) is 10.9. The average molecular weight is 760 g/mol. The fraction of sp³-hybridized carbons (Fsp3) is 0.160. The van der Waals surface area contributed by atoms with Gasteiger partial charge in [0.15, 0.2) is 0 Å². The molecule has 6 rings (SSSR count). The Labute approximate surface area is 336 Å². The normalized spacial score (nSPS) is 11.3. The first kappa shape index (κ1) is 39.8. The first-order valence-electron chi connectivity index (χ1n) is 18.7. The number of anilines is 3. The predicted octanol–water partition coefficient (Wildman–Crippen LogP) is 12.2. The van der Waals surface area contributed by atoms with Crippen molar-refractivity contribution in [3.8, 4) is 34.5 Å². The lowest BCUT2D eigenvalue weighted by Crippen LogP contribution is -2.09. The number of allylic oxidation sites excluding steroid dienone is 1. The summed E-state index contributed by atoms with van der Waals surface area (Å²) >= 11 is 0. The summed E-state index contributed by atoms with van der Waals surface area (Å²) in [5.41, 5.74) is 9.56. The molecule has 290 valence electrons. The van der Waals surface area contributed by atoms with Gasteiger partial charge in [-0.2, -0.15) is 0 Å². The van der Waals surface area contributed by atoms with Crippen LogP contribution in [0.3, 0.4) is 0 Å². The van der Waals surface area contributed by atoms with Crippen molar-refractivity contribution in [2.24, 2.45) is 0 Å². The number of rotatable bonds is 17. The quantitative estimate of drug-likeness (QED) is 0.0858. The molecule has 6 aromatic rings. The summed E-state index contributed by atoms with van der Waals surface area (Å²) in [4.78, 5) is 2.27. The standard InChI is InChI=1S/C50H49NO6/c1-52-45-27-39(28-46(33-45)53-2)10-8-7-9-36-15-21-42(22-16-36)51(43-23-17-37(18-24-43)11-13-40-29-47(54-3)34-48(30-40)55-4)44-25-19-38(20-26-44)12-14-41-31-49(56-5)35-50(32-41)57-6/h7,9,11-35H,8,10H2,1-6H3/b9-7+,13-11+,14-12+. The zero-order chi connectivity index (χ0) is 40.0. The zero-order valence-electron chi connectivity index (χ0n) is 33.4. The monoisotopic (exact) mass is 759 g/mol. The summed E-state index contributed by atoms with van der Waals surface area (Å²) in [6, 6.07) is 43.5. The molecule has 7 nitrogen and oxygen atoms in total. The number of methoxy groups -OCH3 is 6. The first-order chi connectivity index (χ1) is 27.9. The maximum Gasteiger partial charge on any atom is 0.123 e. The molecule has 0 spiro atoms. The van der Waals surface area contributed by atoms with Crippen LogP contribution in [0.25, 0.3) is 30.4 Å². The summed E-state index contributed by atoms with van der Waals surface area (Å²) in [6.07, 6.45) is 14.5. The molecule has 0 aliphatic rings. The minimum Gasteiger partial charge on any atom is -0.497 e. The van der Waals surface area contributed by atoms with E-state index in [1.807, 2.05) is 42.5 Å². The van der Waals surface area contributed by atoms with Crippen LogP contribution in [-0.4, -0.2) is 42.7 Å². The van der Waals surface area contributed by atoms with E-state index in [-0.39, 0.29) is 0 Å². The maximum atomic E-state index is 5.45. The van der Waals surface area contributed by atoms with Crippen LogP contribution in [0, 0.1) is 0 Å². The van der Waals surface area contributed by atoms with E-state index in [4.69, 9.17) is 28.4 Å². The number of hydrogen-bond donors (Lipinski definition) is 0. The molecule has 0 amide bonds. The van der Waals surface area contributed by atoms with Crippen molar-refractivity contribution in [2.75, 3.05) is 47.6 Å². The summed E-state index contributed by atoms with van der Waals surface area (Å²) in [7, 11) is 9.98. The third-order valence-electron chi connectivity index (χ3n) is 9.46. The fourth-order valence-electron chi connectivity index (χ4n) is 6.37. The molecule has 0 aromatic heterocycles. The Morgan fingerprint density at radius 3 is 0.982 bits per heavy atom. The smallest absolute Gasteiger partial charge is 0.123 e. The summed E-state index contributed by atoms with van der Waals surface area (Å²) < 4.78 is 32.7. The van der Waals surface area contributed by atoms with Gasteiger partial charge >= 0.3 is 0 Å². The van der Waals surface area contributed by atoms with Crippen LogP contribution in [0.1, 0.15) is 39.8 Å². The van der Waals surface area contributed by atoms with Crippen molar-refractivity contribution in [2.45, 2.75) is 12.8 Å². The lowest BCUT2D eigenvalue weighted by Gasteiger charge is -2.26. The van der Waals surface area contributed by atoms with E-state index in [9.17, 15) is 0 Å². The first-order valence-corrected chi connectivity index (χ1v) is 18.7. The van der Waals surface area contributed by atoms with E-state index in [0.717, 1.165) is 92.2 Å². The van der Waals surface area contributed by atoms with Gasteiger partial charge in [0.25, 0.3) is 0 Å². The molecule has 0 N–H and O–H groups in total. The van der Waals surface area contributed by atoms with Gasteiger partial charge in [0, 0.05) is 35.3 Å². The Bertz CT molecular complexity index is 2130. The number of nitrogens with zero attached hydrogens (tertiary/aromatic N) is 1. The molecule has 0 atom stereocenters. The SMILES string of the molecule is COc1cc(/C=C/c2ccc(N(c3ccc(/C=C/CCc4cc(OC)cc(OC)c4)cc3)c3ccc(/C=C/c4cc(OC)cc(OC)c4)cc3)cc2)cc(OC)c1. The van der Waals surface area contributed by atoms with Gasteiger partial charge in [-0.25, -0.2) is 0 Å². The van der Waals surface area contributed by atoms with E-state index in [1.54, 1.807) is 42.7 Å². The molecular formula is C50H49NO6. The van der Waals surface area contributed by atoms with Gasteiger partial charge in [-0.05, 0) is 119 Å². The zero-order valence-corrected chi connectivity index (χ0v) is 33.4. The lowest BCUT2D eigenvalue weighted by atomic mass is 10.1. The van der Waals surface area contributed by atoms with E-state index in [1.165, 1.54) is 5.56 Å². The third-order valence-corrected chi connectivity index (χ3v) is 9.46. The van der Waals surface area contributed by atoms with Crippen LogP contribution in [0.15, 0.2) is 133 Å². The lowest BCUT2D eigenvalue weighted by molar-refractivity contribution is 0.393. The van der Waals surface area contributed by atoms with Gasteiger partial charge in [-0.3, -0.25) is 0 Å². The Kier molecular flexibility index (Phi) is 13.7. The van der Waals surface area contributed by atoms with Crippen molar-refractivity contribution in [1.82, 2.24) is 0 Å². The fourth-order valence-corrected chi connectivity index (χ4v) is 6.37. The Morgan fingerprint density at radius 2 is 0.649 bits per heavy atom. The van der Waals surface area contributed by atoms with Crippen LogP contribution < -0.4 is 33.3 Å². The molecule has 0 bridgehead atoms. The van der Waals surface area contributed by atoms with Crippen molar-refractivity contribution >= 4 is 47.4 Å².